The van der Waals surface area contributed by atoms with E-state index in [4.69, 9.17) is 27.2 Å². The summed E-state index contributed by atoms with van der Waals surface area (Å²) in [5.74, 6) is 5.94. The number of benzene rings is 1. The summed E-state index contributed by atoms with van der Waals surface area (Å²) in [7, 11) is 0. The van der Waals surface area contributed by atoms with Gasteiger partial charge in [0.1, 0.15) is 5.60 Å². The highest BCUT2D eigenvalue weighted by Gasteiger charge is 2.13. The molecule has 0 amide bonds. The molecule has 0 aliphatic heterocycles. The second-order valence-electron chi connectivity index (χ2n) is 4.07. The number of nitrogen functional groups attached to an aromatic ring is 1. The lowest BCUT2D eigenvalue weighted by Gasteiger charge is -2.17. The maximum Gasteiger partial charge on any atom is 0.123 e. The van der Waals surface area contributed by atoms with Crippen LogP contribution in [-0.2, 0) is 4.74 Å². The maximum atomic E-state index is 8.68. The molecule has 0 aromatic heterocycles. The number of halogens is 1. The van der Waals surface area contributed by atoms with E-state index in [-0.39, 0.29) is 13.2 Å². The Morgan fingerprint density at radius 3 is 2.76 bits per heavy atom. The highest BCUT2D eigenvalue weighted by Crippen LogP contribution is 2.19. The summed E-state index contributed by atoms with van der Waals surface area (Å²) in [6, 6.07) is 5.23. The molecule has 4 heteroatoms. The summed E-state index contributed by atoms with van der Waals surface area (Å²) in [5.41, 5.74) is 6.32. The van der Waals surface area contributed by atoms with Crippen molar-refractivity contribution in [1.29, 1.82) is 0 Å². The van der Waals surface area contributed by atoms with E-state index in [0.29, 0.717) is 10.7 Å². The van der Waals surface area contributed by atoms with Crippen LogP contribution in [0.4, 0.5) is 5.69 Å². The van der Waals surface area contributed by atoms with Crippen LogP contribution in [0.3, 0.4) is 0 Å². The summed E-state index contributed by atoms with van der Waals surface area (Å²) >= 11 is 5.89. The summed E-state index contributed by atoms with van der Waals surface area (Å²) < 4.78 is 5.37. The second-order valence-corrected chi connectivity index (χ2v) is 4.48. The summed E-state index contributed by atoms with van der Waals surface area (Å²) in [5, 5.41) is 9.17. The van der Waals surface area contributed by atoms with Gasteiger partial charge in [-0.15, -0.1) is 0 Å². The van der Waals surface area contributed by atoms with Crippen LogP contribution in [0.5, 0.6) is 0 Å². The molecule has 3 N–H and O–H groups in total. The molecule has 0 saturated carbocycles. The molecular formula is C13H16ClNO2. The monoisotopic (exact) mass is 253 g/mol. The van der Waals surface area contributed by atoms with Crippen LogP contribution in [0.1, 0.15) is 19.4 Å². The average molecular weight is 254 g/mol. The maximum absolute atomic E-state index is 8.68. The van der Waals surface area contributed by atoms with Gasteiger partial charge in [0.05, 0.1) is 23.9 Å². The number of rotatable bonds is 3. The van der Waals surface area contributed by atoms with Gasteiger partial charge < -0.3 is 15.6 Å². The Hall–Kier alpha value is -1.21. The van der Waals surface area contributed by atoms with Gasteiger partial charge in [-0.3, -0.25) is 0 Å². The van der Waals surface area contributed by atoms with Gasteiger partial charge in [-0.2, -0.15) is 0 Å². The fraction of sp³-hybridized carbons (Fsp3) is 0.385. The van der Waals surface area contributed by atoms with E-state index < -0.39 is 5.60 Å². The number of anilines is 1. The molecule has 0 atom stereocenters. The van der Waals surface area contributed by atoms with Crippen LogP contribution in [0.25, 0.3) is 0 Å². The first-order valence-corrected chi connectivity index (χ1v) is 5.65. The highest BCUT2D eigenvalue weighted by molar-refractivity contribution is 6.33. The first-order valence-electron chi connectivity index (χ1n) is 5.27. The van der Waals surface area contributed by atoms with Crippen molar-refractivity contribution in [3.05, 3.63) is 28.8 Å². The fourth-order valence-electron chi connectivity index (χ4n) is 1.16. The van der Waals surface area contributed by atoms with Gasteiger partial charge in [-0.05, 0) is 32.0 Å². The lowest BCUT2D eigenvalue weighted by atomic mass is 10.1. The molecule has 0 heterocycles. The Bertz CT molecular complexity index is 446. The van der Waals surface area contributed by atoms with Crippen molar-refractivity contribution < 1.29 is 9.84 Å². The minimum atomic E-state index is -0.601. The molecule has 0 bridgehead atoms. The van der Waals surface area contributed by atoms with E-state index in [2.05, 4.69) is 11.8 Å². The minimum absolute atomic E-state index is 0.0151. The number of nitrogens with two attached hydrogens (primary N) is 1. The van der Waals surface area contributed by atoms with Crippen molar-refractivity contribution in [2.24, 2.45) is 0 Å². The zero-order chi connectivity index (χ0) is 12.9. The van der Waals surface area contributed by atoms with Gasteiger partial charge in [-0.1, -0.05) is 23.4 Å². The zero-order valence-corrected chi connectivity index (χ0v) is 10.7. The number of hydrogen-bond acceptors (Lipinski definition) is 3. The summed E-state index contributed by atoms with van der Waals surface area (Å²) in [6.07, 6.45) is 0. The van der Waals surface area contributed by atoms with E-state index in [1.54, 1.807) is 18.2 Å². The Morgan fingerprint density at radius 1 is 1.47 bits per heavy atom. The first-order chi connectivity index (χ1) is 7.94. The standard InChI is InChI=1S/C13H16ClNO2/c1-13(2,17-8-7-16)6-5-10-3-4-12(15)11(14)9-10/h3-4,9,16H,7-8,15H2,1-2H3. The van der Waals surface area contributed by atoms with Crippen LogP contribution < -0.4 is 5.73 Å². The smallest absolute Gasteiger partial charge is 0.123 e. The normalized spacial score (nSPS) is 10.8. The molecule has 17 heavy (non-hydrogen) atoms. The average Bonchev–Trinajstić information content (AvgIpc) is 2.28. The molecule has 1 aromatic rings. The highest BCUT2D eigenvalue weighted by atomic mass is 35.5. The van der Waals surface area contributed by atoms with Crippen molar-refractivity contribution in [2.45, 2.75) is 19.4 Å². The molecule has 0 radical (unpaired) electrons. The molecule has 0 spiro atoms. The van der Waals surface area contributed by atoms with Gasteiger partial charge in [0, 0.05) is 5.56 Å². The number of aliphatic hydroxyl groups is 1. The van der Waals surface area contributed by atoms with Crippen LogP contribution in [0.2, 0.25) is 5.02 Å². The summed E-state index contributed by atoms with van der Waals surface area (Å²) in [4.78, 5) is 0. The predicted octanol–water partition coefficient (Wildman–Crippen LogP) is 2.06. The van der Waals surface area contributed by atoms with Crippen molar-refractivity contribution >= 4 is 17.3 Å². The van der Waals surface area contributed by atoms with E-state index in [0.717, 1.165) is 5.56 Å². The topological polar surface area (TPSA) is 55.5 Å². The molecule has 0 aliphatic carbocycles. The van der Waals surface area contributed by atoms with Crippen LogP contribution in [0.15, 0.2) is 18.2 Å². The molecule has 92 valence electrons. The Kier molecular flexibility index (Phi) is 4.83. The number of ether oxygens (including phenoxy) is 1. The Labute approximate surface area is 107 Å². The van der Waals surface area contributed by atoms with Gasteiger partial charge in [0.25, 0.3) is 0 Å². The zero-order valence-electron chi connectivity index (χ0n) is 9.96. The van der Waals surface area contributed by atoms with E-state index in [1.807, 2.05) is 13.8 Å². The number of hydrogen-bond donors (Lipinski definition) is 2. The third-order valence-corrected chi connectivity index (χ3v) is 2.39. The SMILES string of the molecule is CC(C)(C#Cc1ccc(N)c(Cl)c1)OCCO. The second kappa shape index (κ2) is 5.92. The molecule has 0 saturated heterocycles. The lowest BCUT2D eigenvalue weighted by molar-refractivity contribution is 0.00604. The quantitative estimate of drug-likeness (QED) is 0.640. The first kappa shape index (κ1) is 13.9. The van der Waals surface area contributed by atoms with E-state index in [1.165, 1.54) is 0 Å². The van der Waals surface area contributed by atoms with Gasteiger partial charge >= 0.3 is 0 Å². The fourth-order valence-corrected chi connectivity index (χ4v) is 1.35. The predicted molar refractivity (Wildman–Crippen MR) is 69.9 cm³/mol. The van der Waals surface area contributed by atoms with Gasteiger partial charge in [0.2, 0.25) is 0 Å². The van der Waals surface area contributed by atoms with Gasteiger partial charge in [0.15, 0.2) is 0 Å². The van der Waals surface area contributed by atoms with Crippen molar-refractivity contribution in [2.75, 3.05) is 18.9 Å². The molecular weight excluding hydrogens is 238 g/mol. The summed E-state index contributed by atoms with van der Waals surface area (Å²) in [6.45, 7) is 3.94. The molecule has 0 fully saturated rings. The molecule has 0 unspecified atom stereocenters. The Balaban J connectivity index is 2.80. The number of aliphatic hydroxyl groups excluding tert-OH is 1. The largest absolute Gasteiger partial charge is 0.398 e. The van der Waals surface area contributed by atoms with Gasteiger partial charge in [-0.25, -0.2) is 0 Å². The third-order valence-electron chi connectivity index (χ3n) is 2.06. The van der Waals surface area contributed by atoms with Crippen molar-refractivity contribution in [3.8, 4) is 11.8 Å². The van der Waals surface area contributed by atoms with E-state index >= 15 is 0 Å². The Morgan fingerprint density at radius 2 is 2.18 bits per heavy atom. The van der Waals surface area contributed by atoms with E-state index in [9.17, 15) is 0 Å². The molecule has 1 rings (SSSR count). The molecule has 3 nitrogen and oxygen atoms in total. The minimum Gasteiger partial charge on any atom is -0.398 e. The van der Waals surface area contributed by atoms with Crippen LogP contribution in [-0.4, -0.2) is 23.9 Å². The lowest BCUT2D eigenvalue weighted by Crippen LogP contribution is -2.23. The third kappa shape index (κ3) is 4.66. The van der Waals surface area contributed by atoms with Crippen molar-refractivity contribution in [3.63, 3.8) is 0 Å². The molecule has 0 aliphatic rings. The van der Waals surface area contributed by atoms with Crippen LogP contribution >= 0.6 is 11.6 Å². The molecule has 1 aromatic carbocycles. The van der Waals surface area contributed by atoms with Crippen LogP contribution in [0, 0.1) is 11.8 Å². The van der Waals surface area contributed by atoms with Crippen molar-refractivity contribution in [1.82, 2.24) is 0 Å².